The van der Waals surface area contributed by atoms with Gasteiger partial charge in [-0.3, -0.25) is 0 Å². The van der Waals surface area contributed by atoms with E-state index in [1.807, 2.05) is 0 Å². The monoisotopic (exact) mass is 263 g/mol. The van der Waals surface area contributed by atoms with Crippen LogP contribution in [-0.2, 0) is 10.0 Å². The van der Waals surface area contributed by atoms with Crippen molar-refractivity contribution in [1.82, 2.24) is 4.31 Å². The van der Waals surface area contributed by atoms with Crippen LogP contribution in [0, 0.1) is 5.92 Å². The van der Waals surface area contributed by atoms with Gasteiger partial charge in [0, 0.05) is 19.0 Å². The second kappa shape index (κ2) is 4.84. The fraction of sp³-hybridized carbons (Fsp3) is 1.00. The molecule has 0 radical (unpaired) electrons. The summed E-state index contributed by atoms with van der Waals surface area (Å²) in [5, 5.41) is 19.2. The summed E-state index contributed by atoms with van der Waals surface area (Å²) in [5.41, 5.74) is -0.649. The minimum atomic E-state index is -3.34. The molecule has 1 saturated heterocycles. The first-order chi connectivity index (χ1) is 7.98. The summed E-state index contributed by atoms with van der Waals surface area (Å²) in [4.78, 5) is 0. The van der Waals surface area contributed by atoms with E-state index in [-0.39, 0.29) is 18.3 Å². The van der Waals surface area contributed by atoms with Crippen molar-refractivity contribution in [2.75, 3.05) is 25.4 Å². The molecule has 0 amide bonds. The number of aliphatic hydroxyl groups is 2. The molecule has 1 aliphatic heterocycles. The van der Waals surface area contributed by atoms with E-state index < -0.39 is 15.6 Å². The third kappa shape index (κ3) is 2.65. The molecule has 2 aliphatic rings. The first-order valence-corrected chi connectivity index (χ1v) is 7.90. The van der Waals surface area contributed by atoms with Gasteiger partial charge in [-0.1, -0.05) is 12.8 Å². The Balaban J connectivity index is 2.07. The third-order valence-electron chi connectivity index (χ3n) is 4.13. The molecule has 6 heteroatoms. The average Bonchev–Trinajstić information content (AvgIpc) is 2.27. The SMILES string of the molecule is O=S(=O)(CCO)N1CCC2(O)CCCCC2C1. The molecule has 2 atom stereocenters. The van der Waals surface area contributed by atoms with Crippen molar-refractivity contribution in [1.29, 1.82) is 0 Å². The highest BCUT2D eigenvalue weighted by Crippen LogP contribution is 2.40. The molecule has 1 saturated carbocycles. The smallest absolute Gasteiger partial charge is 0.216 e. The zero-order valence-electron chi connectivity index (χ0n) is 10.0. The van der Waals surface area contributed by atoms with Gasteiger partial charge < -0.3 is 10.2 Å². The number of nitrogens with zero attached hydrogens (tertiary/aromatic N) is 1. The zero-order chi connectivity index (χ0) is 12.5. The second-order valence-electron chi connectivity index (χ2n) is 5.19. The molecule has 2 rings (SSSR count). The predicted molar refractivity (Wildman–Crippen MR) is 64.0 cm³/mol. The van der Waals surface area contributed by atoms with Crippen LogP contribution >= 0.6 is 0 Å². The predicted octanol–water partition coefficient (Wildman–Crippen LogP) is -0.0645. The van der Waals surface area contributed by atoms with E-state index in [0.717, 1.165) is 25.7 Å². The highest BCUT2D eigenvalue weighted by molar-refractivity contribution is 7.89. The van der Waals surface area contributed by atoms with E-state index in [4.69, 9.17) is 5.11 Å². The Kier molecular flexibility index (Phi) is 3.77. The quantitative estimate of drug-likeness (QED) is 0.747. The molecule has 5 nitrogen and oxygen atoms in total. The van der Waals surface area contributed by atoms with E-state index >= 15 is 0 Å². The van der Waals surface area contributed by atoms with Crippen LogP contribution in [-0.4, -0.2) is 54.0 Å². The Morgan fingerprint density at radius 1 is 1.29 bits per heavy atom. The van der Waals surface area contributed by atoms with Crippen LogP contribution in [0.3, 0.4) is 0 Å². The minimum absolute atomic E-state index is 0.0680. The fourth-order valence-corrected chi connectivity index (χ4v) is 4.30. The first-order valence-electron chi connectivity index (χ1n) is 6.29. The van der Waals surface area contributed by atoms with Gasteiger partial charge >= 0.3 is 0 Å². The van der Waals surface area contributed by atoms with Gasteiger partial charge in [-0.05, 0) is 19.3 Å². The fourth-order valence-electron chi connectivity index (χ4n) is 3.04. The van der Waals surface area contributed by atoms with Crippen molar-refractivity contribution >= 4 is 10.0 Å². The number of aliphatic hydroxyl groups excluding tert-OH is 1. The van der Waals surface area contributed by atoms with Crippen molar-refractivity contribution in [3.8, 4) is 0 Å². The average molecular weight is 263 g/mol. The maximum absolute atomic E-state index is 11.8. The molecule has 0 bridgehead atoms. The largest absolute Gasteiger partial charge is 0.395 e. The van der Waals surface area contributed by atoms with Gasteiger partial charge in [-0.2, -0.15) is 0 Å². The van der Waals surface area contributed by atoms with Gasteiger partial charge in [0.2, 0.25) is 10.0 Å². The van der Waals surface area contributed by atoms with Gasteiger partial charge in [-0.25, -0.2) is 12.7 Å². The molecule has 2 unspecified atom stereocenters. The van der Waals surface area contributed by atoms with E-state index in [1.54, 1.807) is 0 Å². The number of piperidine rings is 1. The van der Waals surface area contributed by atoms with Crippen LogP contribution in [0.4, 0.5) is 0 Å². The number of hydrogen-bond acceptors (Lipinski definition) is 4. The molecule has 0 aromatic carbocycles. The lowest BCUT2D eigenvalue weighted by molar-refractivity contribution is -0.0816. The van der Waals surface area contributed by atoms with Gasteiger partial charge in [0.05, 0.1) is 18.0 Å². The molecule has 0 aromatic rings. The van der Waals surface area contributed by atoms with Crippen LogP contribution in [0.5, 0.6) is 0 Å². The van der Waals surface area contributed by atoms with Crippen molar-refractivity contribution in [2.45, 2.75) is 37.7 Å². The molecule has 1 aliphatic carbocycles. The Bertz CT molecular complexity index is 370. The highest BCUT2D eigenvalue weighted by Gasteiger charge is 2.44. The molecule has 2 fully saturated rings. The topological polar surface area (TPSA) is 77.8 Å². The molecule has 0 aromatic heterocycles. The Labute approximate surface area is 102 Å². The Hall–Kier alpha value is -0.170. The Morgan fingerprint density at radius 3 is 2.76 bits per heavy atom. The number of sulfonamides is 1. The molecule has 100 valence electrons. The maximum Gasteiger partial charge on any atom is 0.216 e. The lowest BCUT2D eigenvalue weighted by atomic mass is 9.72. The first kappa shape index (κ1) is 13.3. The van der Waals surface area contributed by atoms with Crippen LogP contribution in [0.15, 0.2) is 0 Å². The lowest BCUT2D eigenvalue weighted by Gasteiger charge is -2.46. The molecule has 2 N–H and O–H groups in total. The van der Waals surface area contributed by atoms with Crippen molar-refractivity contribution in [2.24, 2.45) is 5.92 Å². The van der Waals surface area contributed by atoms with Crippen LogP contribution < -0.4 is 0 Å². The van der Waals surface area contributed by atoms with Crippen molar-refractivity contribution in [3.05, 3.63) is 0 Å². The van der Waals surface area contributed by atoms with E-state index in [9.17, 15) is 13.5 Å². The van der Waals surface area contributed by atoms with Crippen LogP contribution in [0.25, 0.3) is 0 Å². The maximum atomic E-state index is 11.8. The summed E-state index contributed by atoms with van der Waals surface area (Å²) < 4.78 is 25.1. The van der Waals surface area contributed by atoms with Gasteiger partial charge in [-0.15, -0.1) is 0 Å². The number of hydrogen-bond donors (Lipinski definition) is 2. The summed E-state index contributed by atoms with van der Waals surface area (Å²) in [5.74, 6) is -0.142. The molecular weight excluding hydrogens is 242 g/mol. The molecule has 1 heterocycles. The van der Waals surface area contributed by atoms with Gasteiger partial charge in [0.15, 0.2) is 0 Å². The highest BCUT2D eigenvalue weighted by atomic mass is 32.2. The zero-order valence-corrected chi connectivity index (χ0v) is 10.8. The van der Waals surface area contributed by atoms with E-state index in [1.165, 1.54) is 4.31 Å². The molecular formula is C11H21NO4S. The van der Waals surface area contributed by atoms with E-state index in [2.05, 4.69) is 0 Å². The second-order valence-corrected chi connectivity index (χ2v) is 7.28. The van der Waals surface area contributed by atoms with Crippen molar-refractivity contribution in [3.63, 3.8) is 0 Å². The summed E-state index contributed by atoms with van der Waals surface area (Å²) >= 11 is 0. The molecule has 17 heavy (non-hydrogen) atoms. The minimum Gasteiger partial charge on any atom is -0.395 e. The third-order valence-corrected chi connectivity index (χ3v) is 5.95. The Morgan fingerprint density at radius 2 is 2.06 bits per heavy atom. The lowest BCUT2D eigenvalue weighted by Crippen LogP contribution is -2.55. The summed E-state index contributed by atoms with van der Waals surface area (Å²) in [6, 6.07) is 0. The molecule has 0 spiro atoms. The number of fused-ring (bicyclic) bond motifs is 1. The summed E-state index contributed by atoms with van der Waals surface area (Å²) in [7, 11) is -3.34. The van der Waals surface area contributed by atoms with Gasteiger partial charge in [0.25, 0.3) is 0 Å². The van der Waals surface area contributed by atoms with Crippen LogP contribution in [0.2, 0.25) is 0 Å². The standard InChI is InChI=1S/C11H21NO4S/c13-7-8-17(15,16)12-6-5-11(14)4-2-1-3-10(11)9-12/h10,13-14H,1-9H2. The van der Waals surface area contributed by atoms with Crippen molar-refractivity contribution < 1.29 is 18.6 Å². The number of rotatable bonds is 3. The summed E-state index contributed by atoms with van der Waals surface area (Å²) in [6.45, 7) is 0.460. The van der Waals surface area contributed by atoms with E-state index in [0.29, 0.717) is 19.5 Å². The summed E-state index contributed by atoms with van der Waals surface area (Å²) in [6.07, 6.45) is 4.34. The van der Waals surface area contributed by atoms with Crippen LogP contribution in [0.1, 0.15) is 32.1 Å². The van der Waals surface area contributed by atoms with Gasteiger partial charge in [0.1, 0.15) is 0 Å². The normalized spacial score (nSPS) is 35.5.